The van der Waals surface area contributed by atoms with Crippen molar-refractivity contribution in [2.75, 3.05) is 26.3 Å². The van der Waals surface area contributed by atoms with E-state index in [0.29, 0.717) is 38.5 Å². The van der Waals surface area contributed by atoms with Crippen molar-refractivity contribution in [1.82, 2.24) is 13.9 Å². The van der Waals surface area contributed by atoms with Gasteiger partial charge in [-0.1, -0.05) is 34.1 Å². The highest BCUT2D eigenvalue weighted by Gasteiger charge is 2.26. The highest BCUT2D eigenvalue weighted by molar-refractivity contribution is 9.10. The lowest BCUT2D eigenvalue weighted by atomic mass is 10.1. The van der Waals surface area contributed by atoms with Crippen molar-refractivity contribution in [1.29, 1.82) is 0 Å². The maximum atomic E-state index is 12.9. The Hall–Kier alpha value is -2.63. The Labute approximate surface area is 222 Å². The zero-order chi connectivity index (χ0) is 25.0. The Bertz CT molecular complexity index is 1480. The third-order valence-corrected chi connectivity index (χ3v) is 9.23. The first-order valence-corrected chi connectivity index (χ1v) is 14.7. The van der Waals surface area contributed by atoms with Crippen molar-refractivity contribution in [2.45, 2.75) is 17.9 Å². The maximum absolute atomic E-state index is 12.9. The molecule has 1 aliphatic heterocycles. The van der Waals surface area contributed by atoms with Crippen LogP contribution in [0.4, 0.5) is 5.69 Å². The molecule has 3 heterocycles. The minimum Gasteiger partial charge on any atom is -0.379 e. The van der Waals surface area contributed by atoms with Crippen molar-refractivity contribution >= 4 is 43.0 Å². The average Bonchev–Trinajstić information content (AvgIpc) is 3.31. The molecular weight excluding hydrogens is 560 g/mol. The van der Waals surface area contributed by atoms with E-state index < -0.39 is 10.0 Å². The van der Waals surface area contributed by atoms with Gasteiger partial charge in [0, 0.05) is 47.8 Å². The molecule has 1 saturated heterocycles. The normalized spacial score (nSPS) is 15.3. The van der Waals surface area contributed by atoms with E-state index in [4.69, 9.17) is 9.73 Å². The molecular formula is C26H25BrN4O3S2. The van der Waals surface area contributed by atoms with Crippen LogP contribution in [-0.4, -0.2) is 48.6 Å². The summed E-state index contributed by atoms with van der Waals surface area (Å²) in [5.41, 5.74) is 3.89. The number of hydrogen-bond acceptors (Lipinski definition) is 6. The molecule has 0 unspecified atom stereocenters. The molecule has 10 heteroatoms. The van der Waals surface area contributed by atoms with E-state index in [1.165, 1.54) is 4.31 Å². The van der Waals surface area contributed by atoms with E-state index >= 15 is 0 Å². The number of morpholine rings is 1. The monoisotopic (exact) mass is 584 g/mol. The van der Waals surface area contributed by atoms with Gasteiger partial charge in [-0.15, -0.1) is 11.3 Å². The van der Waals surface area contributed by atoms with Crippen LogP contribution < -0.4 is 4.80 Å². The summed E-state index contributed by atoms with van der Waals surface area (Å²) < 4.78 is 35.9. The van der Waals surface area contributed by atoms with Crippen molar-refractivity contribution in [3.05, 3.63) is 93.3 Å². The Morgan fingerprint density at radius 3 is 2.44 bits per heavy atom. The number of benzene rings is 2. The quantitative estimate of drug-likeness (QED) is 0.310. The lowest BCUT2D eigenvalue weighted by Crippen LogP contribution is -2.40. The Kier molecular flexibility index (Phi) is 7.78. The van der Waals surface area contributed by atoms with Gasteiger partial charge in [-0.3, -0.25) is 4.98 Å². The third kappa shape index (κ3) is 5.68. The highest BCUT2D eigenvalue weighted by Crippen LogP contribution is 2.24. The standard InChI is InChI=1S/C26H25BrN4O3S2/c27-21-6-4-20(5-7-21)25-19-35-26(31(25)14-12-22-3-1-2-13-28-22)29-23-8-10-24(11-9-23)36(32,33)30-15-17-34-18-16-30/h1-11,13,19H,12,14-18H2. The molecule has 4 aromatic rings. The molecule has 36 heavy (non-hydrogen) atoms. The van der Waals surface area contributed by atoms with Crippen LogP contribution >= 0.6 is 27.3 Å². The van der Waals surface area contributed by atoms with Crippen LogP contribution in [0.3, 0.4) is 0 Å². The minimum absolute atomic E-state index is 0.271. The van der Waals surface area contributed by atoms with Gasteiger partial charge in [0.15, 0.2) is 4.80 Å². The van der Waals surface area contributed by atoms with Crippen LogP contribution in [0, 0.1) is 0 Å². The molecule has 186 valence electrons. The first kappa shape index (κ1) is 25.0. The predicted molar refractivity (Wildman–Crippen MR) is 145 cm³/mol. The molecule has 0 radical (unpaired) electrons. The van der Waals surface area contributed by atoms with Gasteiger partial charge in [0.1, 0.15) is 0 Å². The zero-order valence-electron chi connectivity index (χ0n) is 19.5. The van der Waals surface area contributed by atoms with Gasteiger partial charge in [-0.25, -0.2) is 13.4 Å². The van der Waals surface area contributed by atoms with E-state index in [1.807, 2.05) is 30.3 Å². The van der Waals surface area contributed by atoms with E-state index in [9.17, 15) is 8.42 Å². The fraction of sp³-hybridized carbons (Fsp3) is 0.231. The SMILES string of the molecule is O=S(=O)(c1ccc(N=c2scc(-c3ccc(Br)cc3)n2CCc2ccccn2)cc1)N1CCOCC1. The van der Waals surface area contributed by atoms with Crippen LogP contribution in [0.1, 0.15) is 5.69 Å². The van der Waals surface area contributed by atoms with Crippen molar-refractivity contribution in [3.8, 4) is 11.3 Å². The second-order valence-electron chi connectivity index (χ2n) is 8.26. The number of halogens is 1. The molecule has 2 aromatic heterocycles. The summed E-state index contributed by atoms with van der Waals surface area (Å²) in [6.07, 6.45) is 2.58. The van der Waals surface area contributed by atoms with Crippen LogP contribution in [-0.2, 0) is 27.7 Å². The molecule has 0 atom stereocenters. The van der Waals surface area contributed by atoms with Gasteiger partial charge < -0.3 is 9.30 Å². The largest absolute Gasteiger partial charge is 0.379 e. The highest BCUT2D eigenvalue weighted by atomic mass is 79.9. The fourth-order valence-corrected chi connectivity index (χ4v) is 6.63. The van der Waals surface area contributed by atoms with Crippen LogP contribution in [0.25, 0.3) is 11.3 Å². The molecule has 0 amide bonds. The summed E-state index contributed by atoms with van der Waals surface area (Å²) in [4.78, 5) is 10.4. The summed E-state index contributed by atoms with van der Waals surface area (Å²) in [6.45, 7) is 2.31. The smallest absolute Gasteiger partial charge is 0.243 e. The predicted octanol–water partition coefficient (Wildman–Crippen LogP) is 4.87. The van der Waals surface area contributed by atoms with Crippen LogP contribution in [0.15, 0.2) is 92.7 Å². The molecule has 0 saturated carbocycles. The minimum atomic E-state index is -3.54. The Morgan fingerprint density at radius 2 is 1.75 bits per heavy atom. The van der Waals surface area contributed by atoms with E-state index in [1.54, 1.807) is 41.8 Å². The first-order chi connectivity index (χ1) is 17.5. The number of aryl methyl sites for hydroxylation is 1. The number of hydrogen-bond donors (Lipinski definition) is 0. The topological polar surface area (TPSA) is 76.8 Å². The molecule has 1 aliphatic rings. The summed E-state index contributed by atoms with van der Waals surface area (Å²) in [5, 5.41) is 2.11. The van der Waals surface area contributed by atoms with Crippen molar-refractivity contribution in [3.63, 3.8) is 0 Å². The first-order valence-electron chi connectivity index (χ1n) is 11.6. The lowest BCUT2D eigenvalue weighted by molar-refractivity contribution is 0.0730. The van der Waals surface area contributed by atoms with E-state index in [-0.39, 0.29) is 4.90 Å². The third-order valence-electron chi connectivity index (χ3n) is 5.92. The summed E-state index contributed by atoms with van der Waals surface area (Å²) in [5.74, 6) is 0. The van der Waals surface area contributed by atoms with Gasteiger partial charge in [0.05, 0.1) is 29.5 Å². The summed E-state index contributed by atoms with van der Waals surface area (Å²) in [6, 6.07) is 20.9. The van der Waals surface area contributed by atoms with Gasteiger partial charge in [-0.2, -0.15) is 4.31 Å². The van der Waals surface area contributed by atoms with Gasteiger partial charge in [0.25, 0.3) is 0 Å². The van der Waals surface area contributed by atoms with Crippen LogP contribution in [0.5, 0.6) is 0 Å². The summed E-state index contributed by atoms with van der Waals surface area (Å²) in [7, 11) is -3.54. The zero-order valence-corrected chi connectivity index (χ0v) is 22.7. The Morgan fingerprint density at radius 1 is 1.00 bits per heavy atom. The van der Waals surface area contributed by atoms with Gasteiger partial charge in [0.2, 0.25) is 10.0 Å². The number of nitrogens with zero attached hydrogens (tertiary/aromatic N) is 4. The molecule has 5 rings (SSSR count). The van der Waals surface area contributed by atoms with Gasteiger partial charge >= 0.3 is 0 Å². The van der Waals surface area contributed by atoms with Gasteiger partial charge in [-0.05, 0) is 54.1 Å². The second kappa shape index (κ2) is 11.2. The Balaban J connectivity index is 1.47. The maximum Gasteiger partial charge on any atom is 0.243 e. The molecule has 1 fully saturated rings. The molecule has 0 bridgehead atoms. The average molecular weight is 586 g/mol. The molecule has 0 spiro atoms. The van der Waals surface area contributed by atoms with Crippen LogP contribution in [0.2, 0.25) is 0 Å². The second-order valence-corrected chi connectivity index (χ2v) is 11.9. The number of thiazole rings is 1. The van der Waals surface area contributed by atoms with Crippen molar-refractivity contribution in [2.24, 2.45) is 4.99 Å². The number of pyridine rings is 1. The lowest BCUT2D eigenvalue weighted by Gasteiger charge is -2.26. The molecule has 0 aliphatic carbocycles. The fourth-order valence-electron chi connectivity index (χ4n) is 4.00. The number of ether oxygens (including phenoxy) is 1. The van der Waals surface area contributed by atoms with E-state index in [0.717, 1.165) is 32.6 Å². The number of sulfonamides is 1. The molecule has 2 aromatic carbocycles. The number of rotatable bonds is 7. The molecule has 7 nitrogen and oxygen atoms in total. The van der Waals surface area contributed by atoms with Crippen molar-refractivity contribution < 1.29 is 13.2 Å². The number of aromatic nitrogens is 2. The van der Waals surface area contributed by atoms with E-state index in [2.05, 4.69) is 43.0 Å². The summed E-state index contributed by atoms with van der Waals surface area (Å²) >= 11 is 5.07. The molecule has 0 N–H and O–H groups in total.